The van der Waals surface area contributed by atoms with E-state index in [9.17, 15) is 9.59 Å². The predicted octanol–water partition coefficient (Wildman–Crippen LogP) is 3.44. The fourth-order valence-electron chi connectivity index (χ4n) is 3.56. The number of nitrogens with one attached hydrogen (secondary N) is 2. The standard InChI is InChI=1S/C19H24N2O3/c1-12-7-6-10-15(11-12)24-18(22)16-13(2)20-19(23)21-17(16)14-8-4-3-5-9-14/h3-5,8-9,12,15,17H,6-7,10-11H2,1-2H3,(H2,20,21,23)/t12-,15+,17+/m0/s1. The van der Waals surface area contributed by atoms with Crippen LogP contribution in [0, 0.1) is 5.92 Å². The van der Waals surface area contributed by atoms with Crippen LogP contribution in [0.5, 0.6) is 0 Å². The fraction of sp³-hybridized carbons (Fsp3) is 0.474. The van der Waals surface area contributed by atoms with E-state index >= 15 is 0 Å². The smallest absolute Gasteiger partial charge is 0.338 e. The van der Waals surface area contributed by atoms with Crippen molar-refractivity contribution in [3.05, 3.63) is 47.2 Å². The Morgan fingerprint density at radius 1 is 1.21 bits per heavy atom. The number of urea groups is 1. The lowest BCUT2D eigenvalue weighted by Crippen LogP contribution is -2.45. The average molecular weight is 328 g/mol. The second-order valence-corrected chi connectivity index (χ2v) is 6.78. The molecule has 1 aliphatic heterocycles. The Morgan fingerprint density at radius 2 is 1.96 bits per heavy atom. The van der Waals surface area contributed by atoms with Crippen molar-refractivity contribution in [3.8, 4) is 0 Å². The summed E-state index contributed by atoms with van der Waals surface area (Å²) in [6.45, 7) is 3.94. The van der Waals surface area contributed by atoms with Crippen LogP contribution >= 0.6 is 0 Å². The van der Waals surface area contributed by atoms with Crippen LogP contribution in [0.3, 0.4) is 0 Å². The van der Waals surface area contributed by atoms with E-state index in [1.54, 1.807) is 6.92 Å². The minimum absolute atomic E-state index is 0.0319. The molecule has 2 amide bonds. The Hall–Kier alpha value is -2.30. The first-order valence-corrected chi connectivity index (χ1v) is 8.59. The summed E-state index contributed by atoms with van der Waals surface area (Å²) >= 11 is 0. The number of carbonyl (C=O) groups excluding carboxylic acids is 2. The normalized spacial score (nSPS) is 27.2. The molecular formula is C19H24N2O3. The Bertz CT molecular complexity index is 654. The van der Waals surface area contributed by atoms with Crippen LogP contribution in [0.25, 0.3) is 0 Å². The molecule has 1 fully saturated rings. The second-order valence-electron chi connectivity index (χ2n) is 6.78. The zero-order chi connectivity index (χ0) is 17.1. The molecule has 3 atom stereocenters. The fourth-order valence-corrected chi connectivity index (χ4v) is 3.56. The van der Waals surface area contributed by atoms with E-state index in [-0.39, 0.29) is 18.1 Å². The van der Waals surface area contributed by atoms with Gasteiger partial charge in [-0.05, 0) is 37.7 Å². The lowest BCUT2D eigenvalue weighted by Gasteiger charge is -2.31. The van der Waals surface area contributed by atoms with Crippen molar-refractivity contribution in [2.75, 3.05) is 0 Å². The largest absolute Gasteiger partial charge is 0.459 e. The summed E-state index contributed by atoms with van der Waals surface area (Å²) in [7, 11) is 0. The van der Waals surface area contributed by atoms with Gasteiger partial charge in [-0.1, -0.05) is 43.7 Å². The van der Waals surface area contributed by atoms with E-state index in [4.69, 9.17) is 4.74 Å². The van der Waals surface area contributed by atoms with E-state index in [1.807, 2.05) is 30.3 Å². The van der Waals surface area contributed by atoms with E-state index in [1.165, 1.54) is 6.42 Å². The first-order chi connectivity index (χ1) is 11.5. The van der Waals surface area contributed by atoms with Gasteiger partial charge in [-0.2, -0.15) is 0 Å². The Labute approximate surface area is 142 Å². The molecule has 2 N–H and O–H groups in total. The molecule has 0 saturated heterocycles. The van der Waals surface area contributed by atoms with Crippen LogP contribution in [-0.4, -0.2) is 18.1 Å². The molecule has 1 heterocycles. The first-order valence-electron chi connectivity index (χ1n) is 8.59. The predicted molar refractivity (Wildman–Crippen MR) is 91.1 cm³/mol. The van der Waals surface area contributed by atoms with E-state index in [0.29, 0.717) is 17.2 Å². The minimum Gasteiger partial charge on any atom is -0.459 e. The zero-order valence-corrected chi connectivity index (χ0v) is 14.2. The van der Waals surface area contributed by atoms with Crippen LogP contribution in [-0.2, 0) is 9.53 Å². The number of carbonyl (C=O) groups is 2. The van der Waals surface area contributed by atoms with Gasteiger partial charge in [0.05, 0.1) is 11.6 Å². The lowest BCUT2D eigenvalue weighted by atomic mass is 9.88. The SMILES string of the molecule is CC1=C(C(=O)O[C@@H]2CCC[C@H](C)C2)[C@@H](c2ccccc2)NC(=O)N1. The number of benzene rings is 1. The van der Waals surface area contributed by atoms with Crippen LogP contribution in [0.4, 0.5) is 4.79 Å². The van der Waals surface area contributed by atoms with Gasteiger partial charge in [0.1, 0.15) is 6.10 Å². The molecule has 5 heteroatoms. The van der Waals surface area contributed by atoms with Gasteiger partial charge in [0.2, 0.25) is 0 Å². The van der Waals surface area contributed by atoms with Gasteiger partial charge in [-0.25, -0.2) is 9.59 Å². The summed E-state index contributed by atoms with van der Waals surface area (Å²) in [5.41, 5.74) is 1.91. The molecule has 0 unspecified atom stereocenters. The van der Waals surface area contributed by atoms with Gasteiger partial charge < -0.3 is 15.4 Å². The third-order valence-corrected chi connectivity index (χ3v) is 4.78. The van der Waals surface area contributed by atoms with Crippen molar-refractivity contribution in [1.29, 1.82) is 0 Å². The molecule has 0 spiro atoms. The van der Waals surface area contributed by atoms with Crippen molar-refractivity contribution >= 4 is 12.0 Å². The van der Waals surface area contributed by atoms with Crippen molar-refractivity contribution in [3.63, 3.8) is 0 Å². The Balaban J connectivity index is 1.83. The summed E-state index contributed by atoms with van der Waals surface area (Å²) < 4.78 is 5.77. The van der Waals surface area contributed by atoms with Gasteiger partial charge in [-0.15, -0.1) is 0 Å². The molecule has 0 aromatic heterocycles. The topological polar surface area (TPSA) is 67.4 Å². The highest BCUT2D eigenvalue weighted by Gasteiger charge is 2.33. The minimum atomic E-state index is -0.478. The lowest BCUT2D eigenvalue weighted by molar-refractivity contribution is -0.146. The van der Waals surface area contributed by atoms with Gasteiger partial charge in [0.25, 0.3) is 0 Å². The molecule has 128 valence electrons. The van der Waals surface area contributed by atoms with Crippen molar-refractivity contribution in [2.45, 2.75) is 51.7 Å². The van der Waals surface area contributed by atoms with Crippen molar-refractivity contribution in [1.82, 2.24) is 10.6 Å². The molecule has 1 aliphatic carbocycles. The van der Waals surface area contributed by atoms with Gasteiger partial charge >= 0.3 is 12.0 Å². The first kappa shape index (κ1) is 16.6. The third-order valence-electron chi connectivity index (χ3n) is 4.78. The number of hydrogen-bond donors (Lipinski definition) is 2. The molecule has 3 rings (SSSR count). The quantitative estimate of drug-likeness (QED) is 0.835. The maximum absolute atomic E-state index is 12.8. The summed E-state index contributed by atoms with van der Waals surface area (Å²) in [4.78, 5) is 24.7. The maximum Gasteiger partial charge on any atom is 0.338 e. The summed E-state index contributed by atoms with van der Waals surface area (Å²) in [5.74, 6) is 0.244. The highest BCUT2D eigenvalue weighted by molar-refractivity contribution is 5.95. The maximum atomic E-state index is 12.8. The van der Waals surface area contributed by atoms with Crippen LogP contribution in [0.2, 0.25) is 0 Å². The Kier molecular flexibility index (Phi) is 4.88. The summed E-state index contributed by atoms with van der Waals surface area (Å²) in [5, 5.41) is 5.52. The number of esters is 1. The monoisotopic (exact) mass is 328 g/mol. The average Bonchev–Trinajstić information content (AvgIpc) is 2.54. The molecule has 5 nitrogen and oxygen atoms in total. The molecule has 2 aliphatic rings. The van der Waals surface area contributed by atoms with Crippen molar-refractivity contribution in [2.24, 2.45) is 5.92 Å². The highest BCUT2D eigenvalue weighted by atomic mass is 16.5. The van der Waals surface area contributed by atoms with Crippen LogP contribution in [0.1, 0.15) is 51.1 Å². The number of amides is 2. The van der Waals surface area contributed by atoms with Gasteiger partial charge in [0, 0.05) is 5.70 Å². The van der Waals surface area contributed by atoms with E-state index in [2.05, 4.69) is 17.6 Å². The number of ether oxygens (including phenoxy) is 1. The number of rotatable bonds is 3. The number of allylic oxidation sites excluding steroid dienone is 1. The molecule has 1 aromatic rings. The van der Waals surface area contributed by atoms with E-state index < -0.39 is 6.04 Å². The molecule has 0 radical (unpaired) electrons. The molecular weight excluding hydrogens is 304 g/mol. The van der Waals surface area contributed by atoms with Crippen LogP contribution < -0.4 is 10.6 Å². The van der Waals surface area contributed by atoms with Gasteiger partial charge in [0.15, 0.2) is 0 Å². The molecule has 24 heavy (non-hydrogen) atoms. The summed E-state index contributed by atoms with van der Waals surface area (Å²) in [6, 6.07) is 8.72. The summed E-state index contributed by atoms with van der Waals surface area (Å²) in [6.07, 6.45) is 4.08. The third kappa shape index (κ3) is 3.61. The Morgan fingerprint density at radius 3 is 2.67 bits per heavy atom. The molecule has 1 aromatic carbocycles. The number of hydrogen-bond acceptors (Lipinski definition) is 3. The highest BCUT2D eigenvalue weighted by Crippen LogP contribution is 2.30. The second kappa shape index (κ2) is 7.07. The zero-order valence-electron chi connectivity index (χ0n) is 14.2. The van der Waals surface area contributed by atoms with E-state index in [0.717, 1.165) is 24.8 Å². The molecule has 1 saturated carbocycles. The van der Waals surface area contributed by atoms with Crippen molar-refractivity contribution < 1.29 is 14.3 Å². The molecule has 0 bridgehead atoms. The van der Waals surface area contributed by atoms with Gasteiger partial charge in [-0.3, -0.25) is 0 Å². The van der Waals surface area contributed by atoms with Crippen LogP contribution in [0.15, 0.2) is 41.6 Å².